The number of likely N-dealkylation sites (tertiary alicyclic amines) is 1. The summed E-state index contributed by atoms with van der Waals surface area (Å²) >= 11 is 1.69. The first-order chi connectivity index (χ1) is 11.3. The van der Waals surface area contributed by atoms with Gasteiger partial charge < -0.3 is 5.11 Å². The minimum absolute atomic E-state index is 0.112. The summed E-state index contributed by atoms with van der Waals surface area (Å²) in [6.45, 7) is 1.79. The average molecular weight is 329 g/mol. The van der Waals surface area contributed by atoms with Crippen molar-refractivity contribution in [2.24, 2.45) is 0 Å². The van der Waals surface area contributed by atoms with E-state index in [-0.39, 0.29) is 18.5 Å². The van der Waals surface area contributed by atoms with E-state index in [0.717, 1.165) is 30.6 Å². The summed E-state index contributed by atoms with van der Waals surface area (Å²) in [4.78, 5) is 3.70. The molecule has 1 aliphatic heterocycles. The fourth-order valence-corrected chi connectivity index (χ4v) is 3.98. The molecular formula is C19H20FNOS. The van der Waals surface area contributed by atoms with E-state index < -0.39 is 0 Å². The van der Waals surface area contributed by atoms with Crippen molar-refractivity contribution in [2.75, 3.05) is 13.2 Å². The number of nitrogens with zero attached hydrogens (tertiary/aromatic N) is 1. The predicted octanol–water partition coefficient (Wildman–Crippen LogP) is 3.96. The van der Waals surface area contributed by atoms with E-state index in [2.05, 4.69) is 22.8 Å². The number of rotatable bonds is 3. The first-order valence-corrected chi connectivity index (χ1v) is 8.81. The minimum Gasteiger partial charge on any atom is -0.384 e. The van der Waals surface area contributed by atoms with Crippen molar-refractivity contribution in [3.63, 3.8) is 0 Å². The Kier molecular flexibility index (Phi) is 5.45. The Labute approximate surface area is 140 Å². The summed E-state index contributed by atoms with van der Waals surface area (Å²) in [5, 5.41) is 10.8. The summed E-state index contributed by atoms with van der Waals surface area (Å²) in [6, 6.07) is 9.36. The normalized spacial score (nSPS) is 18.4. The number of halogens is 1. The molecule has 2 nitrogen and oxygen atoms in total. The Balaban J connectivity index is 1.75. The molecule has 2 heterocycles. The van der Waals surface area contributed by atoms with E-state index >= 15 is 0 Å². The van der Waals surface area contributed by atoms with Gasteiger partial charge in [0.15, 0.2) is 0 Å². The zero-order chi connectivity index (χ0) is 16.1. The SMILES string of the molecule is OCC#Cc1csc(CN2CCCCC2c2cccc(F)c2)c1. The first-order valence-electron chi connectivity index (χ1n) is 7.93. The third kappa shape index (κ3) is 4.20. The average Bonchev–Trinajstić information content (AvgIpc) is 3.01. The van der Waals surface area contributed by atoms with Gasteiger partial charge in [-0.05, 0) is 43.1 Å². The van der Waals surface area contributed by atoms with Gasteiger partial charge in [-0.15, -0.1) is 11.3 Å². The van der Waals surface area contributed by atoms with Crippen LogP contribution in [0.15, 0.2) is 35.7 Å². The second-order valence-corrected chi connectivity index (χ2v) is 6.79. The van der Waals surface area contributed by atoms with Crippen molar-refractivity contribution in [1.29, 1.82) is 0 Å². The van der Waals surface area contributed by atoms with Crippen LogP contribution in [0, 0.1) is 17.7 Å². The van der Waals surface area contributed by atoms with E-state index in [1.54, 1.807) is 23.5 Å². The minimum atomic E-state index is -0.161. The van der Waals surface area contributed by atoms with Gasteiger partial charge in [-0.25, -0.2) is 4.39 Å². The van der Waals surface area contributed by atoms with Crippen LogP contribution in [-0.4, -0.2) is 23.2 Å². The number of aliphatic hydroxyl groups is 1. The van der Waals surface area contributed by atoms with Crippen molar-refractivity contribution < 1.29 is 9.50 Å². The van der Waals surface area contributed by atoms with Crippen LogP contribution in [0.25, 0.3) is 0 Å². The van der Waals surface area contributed by atoms with E-state index in [4.69, 9.17) is 5.11 Å². The third-order valence-electron chi connectivity index (χ3n) is 4.17. The summed E-state index contributed by atoms with van der Waals surface area (Å²) in [5.74, 6) is 5.46. The largest absolute Gasteiger partial charge is 0.384 e. The Morgan fingerprint density at radius 1 is 1.30 bits per heavy atom. The van der Waals surface area contributed by atoms with Gasteiger partial charge >= 0.3 is 0 Å². The molecule has 0 saturated carbocycles. The molecule has 3 rings (SSSR count). The summed E-state index contributed by atoms with van der Waals surface area (Å²) < 4.78 is 13.5. The van der Waals surface area contributed by atoms with Crippen molar-refractivity contribution in [3.05, 3.63) is 57.5 Å². The maximum atomic E-state index is 13.5. The van der Waals surface area contributed by atoms with Crippen LogP contribution in [0.1, 0.15) is 41.3 Å². The third-order valence-corrected chi connectivity index (χ3v) is 5.09. The molecule has 0 amide bonds. The zero-order valence-corrected chi connectivity index (χ0v) is 13.8. The van der Waals surface area contributed by atoms with Gasteiger partial charge in [0.2, 0.25) is 0 Å². The molecular weight excluding hydrogens is 309 g/mol. The molecule has 1 unspecified atom stereocenters. The second kappa shape index (κ2) is 7.74. The molecule has 2 aromatic rings. The monoisotopic (exact) mass is 329 g/mol. The zero-order valence-electron chi connectivity index (χ0n) is 13.0. The summed E-state index contributed by atoms with van der Waals surface area (Å²) in [6.07, 6.45) is 3.45. The lowest BCUT2D eigenvalue weighted by Gasteiger charge is -2.35. The van der Waals surface area contributed by atoms with Crippen LogP contribution in [0.2, 0.25) is 0 Å². The second-order valence-electron chi connectivity index (χ2n) is 5.80. The molecule has 23 heavy (non-hydrogen) atoms. The molecule has 1 N–H and O–H groups in total. The number of benzene rings is 1. The number of aliphatic hydroxyl groups excluding tert-OH is 1. The topological polar surface area (TPSA) is 23.5 Å². The lowest BCUT2D eigenvalue weighted by atomic mass is 9.95. The number of hydrogen-bond donors (Lipinski definition) is 1. The van der Waals surface area contributed by atoms with Crippen LogP contribution in [-0.2, 0) is 6.54 Å². The first kappa shape index (κ1) is 16.2. The molecule has 1 saturated heterocycles. The smallest absolute Gasteiger partial charge is 0.123 e. The molecule has 1 fully saturated rings. The van der Waals surface area contributed by atoms with E-state index in [9.17, 15) is 4.39 Å². The lowest BCUT2D eigenvalue weighted by Crippen LogP contribution is -2.32. The molecule has 0 aliphatic carbocycles. The Morgan fingerprint density at radius 2 is 2.22 bits per heavy atom. The molecule has 1 aromatic heterocycles. The van der Waals surface area contributed by atoms with Crippen molar-refractivity contribution >= 4 is 11.3 Å². The maximum absolute atomic E-state index is 13.5. The highest BCUT2D eigenvalue weighted by molar-refractivity contribution is 7.10. The van der Waals surface area contributed by atoms with Gasteiger partial charge in [-0.3, -0.25) is 4.90 Å². The molecule has 1 atom stereocenters. The van der Waals surface area contributed by atoms with E-state index in [1.807, 2.05) is 11.4 Å². The molecule has 1 aromatic carbocycles. The molecule has 4 heteroatoms. The van der Waals surface area contributed by atoms with E-state index in [1.165, 1.54) is 23.8 Å². The summed E-state index contributed by atoms with van der Waals surface area (Å²) in [7, 11) is 0. The highest BCUT2D eigenvalue weighted by atomic mass is 32.1. The Morgan fingerprint density at radius 3 is 3.04 bits per heavy atom. The molecule has 120 valence electrons. The summed E-state index contributed by atoms with van der Waals surface area (Å²) in [5.41, 5.74) is 2.03. The predicted molar refractivity (Wildman–Crippen MR) is 91.7 cm³/mol. The van der Waals surface area contributed by atoms with Gasteiger partial charge in [-0.1, -0.05) is 30.4 Å². The molecule has 0 bridgehead atoms. The Hall–Kier alpha value is -1.67. The number of thiophene rings is 1. The van der Waals surface area contributed by atoms with Crippen LogP contribution in [0.4, 0.5) is 4.39 Å². The molecule has 0 spiro atoms. The van der Waals surface area contributed by atoms with Gasteiger partial charge in [0.25, 0.3) is 0 Å². The lowest BCUT2D eigenvalue weighted by molar-refractivity contribution is 0.141. The van der Waals surface area contributed by atoms with Gasteiger partial charge in [-0.2, -0.15) is 0 Å². The van der Waals surface area contributed by atoms with Crippen LogP contribution < -0.4 is 0 Å². The standard InChI is InChI=1S/C19H20FNOS/c20-17-7-3-6-16(12-17)19-8-1-2-9-21(19)13-18-11-15(14-23-18)5-4-10-22/h3,6-7,11-12,14,19,22H,1-2,8-10,13H2. The molecule has 0 radical (unpaired) electrons. The van der Waals surface area contributed by atoms with Crippen molar-refractivity contribution in [3.8, 4) is 11.8 Å². The van der Waals surface area contributed by atoms with Crippen LogP contribution >= 0.6 is 11.3 Å². The quantitative estimate of drug-likeness (QED) is 0.862. The van der Waals surface area contributed by atoms with Gasteiger partial charge in [0, 0.05) is 28.4 Å². The van der Waals surface area contributed by atoms with Crippen LogP contribution in [0.3, 0.4) is 0 Å². The van der Waals surface area contributed by atoms with Gasteiger partial charge in [0.05, 0.1) is 0 Å². The van der Waals surface area contributed by atoms with Crippen LogP contribution in [0.5, 0.6) is 0 Å². The fraction of sp³-hybridized carbons (Fsp3) is 0.368. The molecule has 1 aliphatic rings. The van der Waals surface area contributed by atoms with E-state index in [0.29, 0.717) is 0 Å². The Bertz CT molecular complexity index is 715. The highest BCUT2D eigenvalue weighted by Crippen LogP contribution is 2.33. The highest BCUT2D eigenvalue weighted by Gasteiger charge is 2.24. The van der Waals surface area contributed by atoms with Crippen molar-refractivity contribution in [2.45, 2.75) is 31.8 Å². The van der Waals surface area contributed by atoms with Crippen molar-refractivity contribution in [1.82, 2.24) is 4.90 Å². The number of piperidine rings is 1. The fourth-order valence-electron chi connectivity index (χ4n) is 3.14. The van der Waals surface area contributed by atoms with Gasteiger partial charge in [0.1, 0.15) is 12.4 Å². The maximum Gasteiger partial charge on any atom is 0.123 e. The number of hydrogen-bond acceptors (Lipinski definition) is 3.